The van der Waals surface area contributed by atoms with E-state index in [1.165, 1.54) is 12.1 Å². The number of amides is 1. The van der Waals surface area contributed by atoms with E-state index < -0.39 is 4.92 Å². The summed E-state index contributed by atoms with van der Waals surface area (Å²) in [4.78, 5) is 27.4. The second kappa shape index (κ2) is 5.38. The van der Waals surface area contributed by atoms with Crippen LogP contribution in [-0.2, 0) is 0 Å². The van der Waals surface area contributed by atoms with E-state index in [4.69, 9.17) is 0 Å². The van der Waals surface area contributed by atoms with Crippen molar-refractivity contribution in [3.05, 3.63) is 33.5 Å². The number of hydrogen-bond acceptors (Lipinski definition) is 4. The van der Waals surface area contributed by atoms with E-state index in [1.54, 1.807) is 11.8 Å². The van der Waals surface area contributed by atoms with Crippen LogP contribution in [0.1, 0.15) is 29.9 Å². The molecule has 1 heterocycles. The standard InChI is InChI=1S/C11H15N3O3/c1-4-13(5-2)11(15)9-6-7-10(14(16)17)12-8(9)3/h6-7H,4-5H2,1-3H3. The quantitative estimate of drug-likeness (QED) is 0.590. The number of carbonyl (C=O) groups excluding carboxylic acids is 1. The predicted molar refractivity (Wildman–Crippen MR) is 62.9 cm³/mol. The smallest absolute Gasteiger partial charge is 0.358 e. The summed E-state index contributed by atoms with van der Waals surface area (Å²) < 4.78 is 0. The fraction of sp³-hybridized carbons (Fsp3) is 0.455. The van der Waals surface area contributed by atoms with Gasteiger partial charge in [-0.3, -0.25) is 4.79 Å². The Hall–Kier alpha value is -1.98. The second-order valence-electron chi connectivity index (χ2n) is 3.54. The van der Waals surface area contributed by atoms with Gasteiger partial charge in [-0.25, -0.2) is 0 Å². The summed E-state index contributed by atoms with van der Waals surface area (Å²) >= 11 is 0. The molecule has 17 heavy (non-hydrogen) atoms. The number of aryl methyl sites for hydroxylation is 1. The maximum Gasteiger partial charge on any atom is 0.363 e. The Morgan fingerprint density at radius 1 is 1.41 bits per heavy atom. The van der Waals surface area contributed by atoms with Crippen LogP contribution < -0.4 is 0 Å². The van der Waals surface area contributed by atoms with Crippen molar-refractivity contribution >= 4 is 11.7 Å². The molecule has 0 saturated heterocycles. The number of rotatable bonds is 4. The highest BCUT2D eigenvalue weighted by Crippen LogP contribution is 2.14. The molecule has 0 fully saturated rings. The van der Waals surface area contributed by atoms with Crippen molar-refractivity contribution in [2.24, 2.45) is 0 Å². The zero-order valence-electron chi connectivity index (χ0n) is 10.1. The van der Waals surface area contributed by atoms with Crippen LogP contribution >= 0.6 is 0 Å². The van der Waals surface area contributed by atoms with E-state index in [9.17, 15) is 14.9 Å². The molecule has 0 radical (unpaired) electrons. The van der Waals surface area contributed by atoms with Crippen LogP contribution in [0.15, 0.2) is 12.1 Å². The van der Waals surface area contributed by atoms with Gasteiger partial charge in [0.05, 0.1) is 5.56 Å². The zero-order valence-corrected chi connectivity index (χ0v) is 10.1. The molecular formula is C11H15N3O3. The van der Waals surface area contributed by atoms with Crippen molar-refractivity contribution in [3.63, 3.8) is 0 Å². The summed E-state index contributed by atoms with van der Waals surface area (Å²) in [5.41, 5.74) is 0.801. The molecule has 0 aliphatic heterocycles. The van der Waals surface area contributed by atoms with E-state index in [0.29, 0.717) is 24.3 Å². The van der Waals surface area contributed by atoms with Crippen LogP contribution in [0.25, 0.3) is 0 Å². The summed E-state index contributed by atoms with van der Waals surface area (Å²) in [7, 11) is 0. The van der Waals surface area contributed by atoms with Gasteiger partial charge >= 0.3 is 5.82 Å². The Balaban J connectivity index is 3.07. The monoisotopic (exact) mass is 237 g/mol. The molecule has 1 amide bonds. The molecule has 6 nitrogen and oxygen atoms in total. The van der Waals surface area contributed by atoms with Gasteiger partial charge in [-0.15, -0.1) is 0 Å². The molecule has 0 aliphatic carbocycles. The van der Waals surface area contributed by atoms with Gasteiger partial charge in [0.1, 0.15) is 0 Å². The summed E-state index contributed by atoms with van der Waals surface area (Å²) in [5.74, 6) is -0.381. The lowest BCUT2D eigenvalue weighted by molar-refractivity contribution is -0.389. The molecule has 1 aromatic heterocycles. The molecule has 92 valence electrons. The predicted octanol–water partition coefficient (Wildman–Crippen LogP) is 1.78. The van der Waals surface area contributed by atoms with Crippen molar-refractivity contribution in [1.29, 1.82) is 0 Å². The SMILES string of the molecule is CCN(CC)C(=O)c1ccc([N+](=O)[O-])nc1C. The van der Waals surface area contributed by atoms with Crippen molar-refractivity contribution in [1.82, 2.24) is 9.88 Å². The molecule has 0 bridgehead atoms. The molecule has 0 saturated carbocycles. The number of aromatic nitrogens is 1. The first kappa shape index (κ1) is 13.1. The highest BCUT2D eigenvalue weighted by molar-refractivity contribution is 5.95. The van der Waals surface area contributed by atoms with Crippen LogP contribution in [0.2, 0.25) is 0 Å². The minimum Gasteiger partial charge on any atom is -0.358 e. The lowest BCUT2D eigenvalue weighted by Gasteiger charge is -2.18. The number of hydrogen-bond donors (Lipinski definition) is 0. The molecule has 1 rings (SSSR count). The van der Waals surface area contributed by atoms with Gasteiger partial charge in [0, 0.05) is 26.1 Å². The summed E-state index contributed by atoms with van der Waals surface area (Å²) in [6, 6.07) is 2.71. The first-order chi connectivity index (χ1) is 8.01. The molecule has 0 atom stereocenters. The first-order valence-corrected chi connectivity index (χ1v) is 5.42. The van der Waals surface area contributed by atoms with Crippen molar-refractivity contribution in [2.45, 2.75) is 20.8 Å². The number of nitrogens with zero attached hydrogens (tertiary/aromatic N) is 3. The van der Waals surface area contributed by atoms with Crippen LogP contribution in [-0.4, -0.2) is 33.8 Å². The number of pyridine rings is 1. The van der Waals surface area contributed by atoms with Crippen molar-refractivity contribution < 1.29 is 9.72 Å². The minimum atomic E-state index is -0.571. The fourth-order valence-corrected chi connectivity index (χ4v) is 1.56. The van der Waals surface area contributed by atoms with Crippen LogP contribution in [0.3, 0.4) is 0 Å². The van der Waals surface area contributed by atoms with Gasteiger partial charge in [0.25, 0.3) is 5.91 Å². The van der Waals surface area contributed by atoms with Gasteiger partial charge in [-0.2, -0.15) is 0 Å². The molecule has 0 aliphatic rings. The third-order valence-corrected chi connectivity index (χ3v) is 2.54. The van der Waals surface area contributed by atoms with Crippen LogP contribution in [0, 0.1) is 17.0 Å². The van der Waals surface area contributed by atoms with E-state index in [-0.39, 0.29) is 11.7 Å². The highest BCUT2D eigenvalue weighted by atomic mass is 16.6. The Morgan fingerprint density at radius 3 is 2.41 bits per heavy atom. The third-order valence-electron chi connectivity index (χ3n) is 2.54. The summed E-state index contributed by atoms with van der Waals surface area (Å²) in [6.45, 7) is 6.58. The maximum absolute atomic E-state index is 12.0. The largest absolute Gasteiger partial charge is 0.363 e. The average molecular weight is 237 g/mol. The molecule has 0 N–H and O–H groups in total. The number of carbonyl (C=O) groups is 1. The first-order valence-electron chi connectivity index (χ1n) is 5.42. The Labute approximate surface area is 99.4 Å². The van der Waals surface area contributed by atoms with Gasteiger partial charge < -0.3 is 15.0 Å². The zero-order chi connectivity index (χ0) is 13.0. The average Bonchev–Trinajstić information content (AvgIpc) is 2.30. The second-order valence-corrected chi connectivity index (χ2v) is 3.54. The molecule has 0 unspecified atom stereocenters. The number of nitro groups is 1. The van der Waals surface area contributed by atoms with E-state index in [1.807, 2.05) is 13.8 Å². The van der Waals surface area contributed by atoms with Gasteiger partial charge in [-0.1, -0.05) is 0 Å². The Kier molecular flexibility index (Phi) is 4.14. The highest BCUT2D eigenvalue weighted by Gasteiger charge is 2.20. The maximum atomic E-state index is 12.0. The lowest BCUT2D eigenvalue weighted by Crippen LogP contribution is -2.31. The van der Waals surface area contributed by atoms with Gasteiger partial charge in [0.15, 0.2) is 5.69 Å². The fourth-order valence-electron chi connectivity index (χ4n) is 1.56. The van der Waals surface area contributed by atoms with E-state index >= 15 is 0 Å². The Morgan fingerprint density at radius 2 is 2.00 bits per heavy atom. The van der Waals surface area contributed by atoms with Gasteiger partial charge in [0.2, 0.25) is 0 Å². The van der Waals surface area contributed by atoms with E-state index in [2.05, 4.69) is 4.98 Å². The topological polar surface area (TPSA) is 76.3 Å². The molecule has 0 spiro atoms. The van der Waals surface area contributed by atoms with Crippen LogP contribution in [0.4, 0.5) is 5.82 Å². The lowest BCUT2D eigenvalue weighted by atomic mass is 10.1. The molecule has 1 aromatic rings. The summed E-state index contributed by atoms with van der Waals surface area (Å²) in [6.07, 6.45) is 0. The molecule has 0 aromatic carbocycles. The van der Waals surface area contributed by atoms with Crippen molar-refractivity contribution in [2.75, 3.05) is 13.1 Å². The molecule has 6 heteroatoms. The van der Waals surface area contributed by atoms with Crippen LogP contribution in [0.5, 0.6) is 0 Å². The molecular weight excluding hydrogens is 222 g/mol. The third kappa shape index (κ3) is 2.77. The van der Waals surface area contributed by atoms with Crippen molar-refractivity contribution in [3.8, 4) is 0 Å². The minimum absolute atomic E-state index is 0.144. The Bertz CT molecular complexity index is 442. The van der Waals surface area contributed by atoms with E-state index in [0.717, 1.165) is 0 Å². The summed E-state index contributed by atoms with van der Waals surface area (Å²) in [5, 5.41) is 10.5. The van der Waals surface area contributed by atoms with Gasteiger partial charge in [-0.05, 0) is 29.8 Å². The normalized spacial score (nSPS) is 10.1.